The average Bonchev–Trinajstić information content (AvgIpc) is 2.31. The summed E-state index contributed by atoms with van der Waals surface area (Å²) in [5, 5.41) is 18.6. The number of phenolic OH excluding ortho intramolecular Hbond substituents is 1. The molecular weight excluding hydrogens is 198 g/mol. The number of benzene rings is 2. The lowest BCUT2D eigenvalue weighted by Gasteiger charge is -2.08. The number of phenols is 1. The summed E-state index contributed by atoms with van der Waals surface area (Å²) in [4.78, 5) is 0. The molecule has 0 aromatic heterocycles. The SMILES string of the molecule is Cc1ccccc1-c1cc(C#N)ccc1O. The maximum Gasteiger partial charge on any atom is 0.123 e. The molecule has 0 spiro atoms. The normalized spacial score (nSPS) is 9.75. The second-order valence-electron chi connectivity index (χ2n) is 3.66. The molecule has 0 heterocycles. The first-order valence-electron chi connectivity index (χ1n) is 5.01. The molecule has 0 saturated heterocycles. The Morgan fingerprint density at radius 1 is 1.06 bits per heavy atom. The maximum absolute atomic E-state index is 9.80. The Hall–Kier alpha value is -2.27. The van der Waals surface area contributed by atoms with Gasteiger partial charge in [-0.2, -0.15) is 5.26 Å². The van der Waals surface area contributed by atoms with Crippen molar-refractivity contribution in [1.82, 2.24) is 0 Å². The van der Waals surface area contributed by atoms with E-state index in [-0.39, 0.29) is 5.75 Å². The molecule has 2 rings (SSSR count). The van der Waals surface area contributed by atoms with Gasteiger partial charge in [0.2, 0.25) is 0 Å². The molecule has 0 radical (unpaired) electrons. The van der Waals surface area contributed by atoms with Gasteiger partial charge in [-0.15, -0.1) is 0 Å². The fraction of sp³-hybridized carbons (Fsp3) is 0.0714. The van der Waals surface area contributed by atoms with Crippen LogP contribution in [0.1, 0.15) is 11.1 Å². The average molecular weight is 209 g/mol. The zero-order chi connectivity index (χ0) is 11.5. The third-order valence-electron chi connectivity index (χ3n) is 2.56. The number of rotatable bonds is 1. The van der Waals surface area contributed by atoms with Crippen LogP contribution >= 0.6 is 0 Å². The molecule has 2 aromatic carbocycles. The quantitative estimate of drug-likeness (QED) is 0.783. The zero-order valence-corrected chi connectivity index (χ0v) is 8.94. The predicted molar refractivity (Wildman–Crippen MR) is 63.0 cm³/mol. The number of nitriles is 1. The molecular formula is C14H11NO. The minimum absolute atomic E-state index is 0.202. The van der Waals surface area contributed by atoms with Gasteiger partial charge in [0.15, 0.2) is 0 Å². The molecule has 0 fully saturated rings. The summed E-state index contributed by atoms with van der Waals surface area (Å²) in [5.74, 6) is 0.202. The van der Waals surface area contributed by atoms with E-state index in [0.717, 1.165) is 11.1 Å². The summed E-state index contributed by atoms with van der Waals surface area (Å²) in [5.41, 5.74) is 3.29. The first-order valence-corrected chi connectivity index (χ1v) is 5.01. The molecule has 1 N–H and O–H groups in total. The molecule has 2 heteroatoms. The van der Waals surface area contributed by atoms with Crippen molar-refractivity contribution < 1.29 is 5.11 Å². The third kappa shape index (κ3) is 1.76. The van der Waals surface area contributed by atoms with Crippen molar-refractivity contribution in [3.05, 3.63) is 53.6 Å². The molecule has 0 unspecified atom stereocenters. The van der Waals surface area contributed by atoms with Crippen LogP contribution in [-0.2, 0) is 0 Å². The number of nitrogens with zero attached hydrogens (tertiary/aromatic N) is 1. The van der Waals surface area contributed by atoms with Gasteiger partial charge in [-0.3, -0.25) is 0 Å². The maximum atomic E-state index is 9.80. The van der Waals surface area contributed by atoms with Crippen molar-refractivity contribution in [2.45, 2.75) is 6.92 Å². The molecule has 0 atom stereocenters. The fourth-order valence-electron chi connectivity index (χ4n) is 1.70. The summed E-state index contributed by atoms with van der Waals surface area (Å²) >= 11 is 0. The van der Waals surface area contributed by atoms with Gasteiger partial charge in [-0.1, -0.05) is 24.3 Å². The van der Waals surface area contributed by atoms with Crippen LogP contribution in [0.25, 0.3) is 11.1 Å². The smallest absolute Gasteiger partial charge is 0.123 e. The summed E-state index contributed by atoms with van der Waals surface area (Å²) in [7, 11) is 0. The second kappa shape index (κ2) is 4.08. The molecule has 0 bridgehead atoms. The van der Waals surface area contributed by atoms with Gasteiger partial charge >= 0.3 is 0 Å². The number of hydrogen-bond acceptors (Lipinski definition) is 2. The van der Waals surface area contributed by atoms with Crippen LogP contribution in [-0.4, -0.2) is 5.11 Å². The lowest BCUT2D eigenvalue weighted by Crippen LogP contribution is -1.85. The third-order valence-corrected chi connectivity index (χ3v) is 2.56. The highest BCUT2D eigenvalue weighted by molar-refractivity contribution is 5.74. The Kier molecular flexibility index (Phi) is 2.61. The Morgan fingerprint density at radius 2 is 1.81 bits per heavy atom. The van der Waals surface area contributed by atoms with E-state index in [2.05, 4.69) is 6.07 Å². The highest BCUT2D eigenvalue weighted by Gasteiger charge is 2.07. The molecule has 0 saturated carbocycles. The van der Waals surface area contributed by atoms with E-state index in [1.165, 1.54) is 0 Å². The number of aryl methyl sites for hydroxylation is 1. The van der Waals surface area contributed by atoms with Crippen molar-refractivity contribution in [2.24, 2.45) is 0 Å². The minimum Gasteiger partial charge on any atom is -0.507 e. The topological polar surface area (TPSA) is 44.0 Å². The first kappa shape index (κ1) is 10.3. The van der Waals surface area contributed by atoms with Gasteiger partial charge in [-0.05, 0) is 36.2 Å². The minimum atomic E-state index is 0.202. The number of hydrogen-bond donors (Lipinski definition) is 1. The van der Waals surface area contributed by atoms with Crippen LogP contribution in [0.5, 0.6) is 5.75 Å². The Balaban J connectivity index is 2.65. The van der Waals surface area contributed by atoms with Crippen LogP contribution in [0.3, 0.4) is 0 Å². The molecule has 0 aliphatic heterocycles. The molecule has 78 valence electrons. The van der Waals surface area contributed by atoms with Crippen LogP contribution in [0.15, 0.2) is 42.5 Å². The molecule has 2 nitrogen and oxygen atoms in total. The molecule has 0 aliphatic carbocycles. The van der Waals surface area contributed by atoms with Gasteiger partial charge < -0.3 is 5.11 Å². The summed E-state index contributed by atoms with van der Waals surface area (Å²) in [6.45, 7) is 1.98. The van der Waals surface area contributed by atoms with Gasteiger partial charge in [0.1, 0.15) is 5.75 Å². The largest absolute Gasteiger partial charge is 0.507 e. The monoisotopic (exact) mass is 209 g/mol. The van der Waals surface area contributed by atoms with Crippen LogP contribution < -0.4 is 0 Å². The van der Waals surface area contributed by atoms with Crippen molar-refractivity contribution in [3.8, 4) is 22.9 Å². The van der Waals surface area contributed by atoms with Crippen molar-refractivity contribution in [1.29, 1.82) is 5.26 Å². The molecule has 2 aromatic rings. The summed E-state index contributed by atoms with van der Waals surface area (Å²) in [6, 6.07) is 14.7. The lowest BCUT2D eigenvalue weighted by atomic mass is 9.98. The Morgan fingerprint density at radius 3 is 2.50 bits per heavy atom. The standard InChI is InChI=1S/C14H11NO/c1-10-4-2-3-5-12(10)13-8-11(9-15)6-7-14(13)16/h2-8,16H,1H3. The number of aromatic hydroxyl groups is 1. The fourth-order valence-corrected chi connectivity index (χ4v) is 1.70. The van der Waals surface area contributed by atoms with Crippen LogP contribution in [0, 0.1) is 18.3 Å². The van der Waals surface area contributed by atoms with Crippen molar-refractivity contribution >= 4 is 0 Å². The Bertz CT molecular complexity index is 567. The summed E-state index contributed by atoms with van der Waals surface area (Å²) < 4.78 is 0. The van der Waals surface area contributed by atoms with E-state index in [0.29, 0.717) is 11.1 Å². The second-order valence-corrected chi connectivity index (χ2v) is 3.66. The van der Waals surface area contributed by atoms with E-state index in [1.807, 2.05) is 31.2 Å². The summed E-state index contributed by atoms with van der Waals surface area (Å²) in [6.07, 6.45) is 0. The Labute approximate surface area is 94.4 Å². The molecule has 16 heavy (non-hydrogen) atoms. The van der Waals surface area contributed by atoms with E-state index < -0.39 is 0 Å². The van der Waals surface area contributed by atoms with Crippen LogP contribution in [0.4, 0.5) is 0 Å². The highest BCUT2D eigenvalue weighted by atomic mass is 16.3. The van der Waals surface area contributed by atoms with Gasteiger partial charge in [0, 0.05) is 5.56 Å². The molecule has 0 aliphatic rings. The predicted octanol–water partition coefficient (Wildman–Crippen LogP) is 3.24. The van der Waals surface area contributed by atoms with Gasteiger partial charge in [-0.25, -0.2) is 0 Å². The van der Waals surface area contributed by atoms with E-state index in [9.17, 15) is 5.11 Å². The van der Waals surface area contributed by atoms with E-state index in [4.69, 9.17) is 5.26 Å². The van der Waals surface area contributed by atoms with Crippen molar-refractivity contribution in [3.63, 3.8) is 0 Å². The van der Waals surface area contributed by atoms with Gasteiger partial charge in [0.25, 0.3) is 0 Å². The van der Waals surface area contributed by atoms with Gasteiger partial charge in [0.05, 0.1) is 11.6 Å². The zero-order valence-electron chi connectivity index (χ0n) is 8.94. The van der Waals surface area contributed by atoms with Crippen molar-refractivity contribution in [2.75, 3.05) is 0 Å². The van der Waals surface area contributed by atoms with Crippen LogP contribution in [0.2, 0.25) is 0 Å². The van der Waals surface area contributed by atoms with E-state index >= 15 is 0 Å². The highest BCUT2D eigenvalue weighted by Crippen LogP contribution is 2.31. The first-order chi connectivity index (χ1) is 7.72. The van der Waals surface area contributed by atoms with E-state index in [1.54, 1.807) is 18.2 Å². The lowest BCUT2D eigenvalue weighted by molar-refractivity contribution is 0.477. The molecule has 0 amide bonds.